The Morgan fingerprint density at radius 3 is 2.65 bits per heavy atom. The second-order valence-electron chi connectivity index (χ2n) is 7.86. The summed E-state index contributed by atoms with van der Waals surface area (Å²) in [6.45, 7) is 6.23. The monoisotopic (exact) mass is 383 g/mol. The van der Waals surface area contributed by atoms with E-state index in [-0.39, 0.29) is 5.91 Å². The van der Waals surface area contributed by atoms with Gasteiger partial charge in [-0.25, -0.2) is 0 Å². The van der Waals surface area contributed by atoms with Crippen molar-refractivity contribution < 1.29 is 14.6 Å². The molecule has 2 fully saturated rings. The molecule has 0 aliphatic carbocycles. The van der Waals surface area contributed by atoms with Gasteiger partial charge in [0.15, 0.2) is 0 Å². The van der Waals surface area contributed by atoms with E-state index in [1.807, 2.05) is 32.8 Å². The first-order chi connectivity index (χ1) is 12.2. The van der Waals surface area contributed by atoms with Crippen LogP contribution in [0.1, 0.15) is 31.2 Å². The number of rotatable bonds is 4. The molecule has 0 saturated carbocycles. The second-order valence-corrected chi connectivity index (χ2v) is 9.02. The Balaban J connectivity index is 1.67. The highest BCUT2D eigenvalue weighted by atomic mass is 32.1. The standard InChI is InChI=1S/C17H29N5O3S/c1-12-19-20-15(26-12)22-8-5-17(6-9-22)14(24)16(2,7-10-25-17)18-13(23)11-21(3)4/h14,24H,5-11H2,1-4H3,(H,18,23)/t14-,16+/m1/s1. The van der Waals surface area contributed by atoms with Crippen molar-refractivity contribution in [3.05, 3.63) is 5.01 Å². The summed E-state index contributed by atoms with van der Waals surface area (Å²) in [7, 11) is 3.71. The Morgan fingerprint density at radius 1 is 1.38 bits per heavy atom. The molecule has 26 heavy (non-hydrogen) atoms. The predicted octanol–water partition coefficient (Wildman–Crippen LogP) is 0.403. The van der Waals surface area contributed by atoms with Crippen molar-refractivity contribution in [2.75, 3.05) is 45.2 Å². The van der Waals surface area contributed by atoms with Crippen LogP contribution in [0.5, 0.6) is 0 Å². The van der Waals surface area contributed by atoms with Crippen molar-refractivity contribution in [3.63, 3.8) is 0 Å². The number of carbonyl (C=O) groups is 1. The summed E-state index contributed by atoms with van der Waals surface area (Å²) in [6.07, 6.45) is 1.26. The van der Waals surface area contributed by atoms with E-state index in [9.17, 15) is 9.90 Å². The van der Waals surface area contributed by atoms with Gasteiger partial charge in [-0.1, -0.05) is 11.3 Å². The quantitative estimate of drug-likeness (QED) is 0.778. The summed E-state index contributed by atoms with van der Waals surface area (Å²) in [5.41, 5.74) is -1.29. The zero-order valence-electron chi connectivity index (χ0n) is 16.0. The number of anilines is 1. The van der Waals surface area contributed by atoms with Crippen molar-refractivity contribution in [2.45, 2.75) is 50.4 Å². The lowest BCUT2D eigenvalue weighted by Crippen LogP contribution is -2.69. The first-order valence-corrected chi connectivity index (χ1v) is 9.89. The predicted molar refractivity (Wildman–Crippen MR) is 101 cm³/mol. The van der Waals surface area contributed by atoms with E-state index < -0.39 is 17.2 Å². The van der Waals surface area contributed by atoms with Crippen molar-refractivity contribution in [2.24, 2.45) is 0 Å². The Labute approximate surface area is 158 Å². The fraction of sp³-hybridized carbons (Fsp3) is 0.824. The third-order valence-corrected chi connectivity index (χ3v) is 6.29. The Morgan fingerprint density at radius 2 is 2.08 bits per heavy atom. The minimum atomic E-state index is -0.742. The van der Waals surface area contributed by atoms with Crippen LogP contribution in [-0.4, -0.2) is 83.7 Å². The van der Waals surface area contributed by atoms with E-state index in [4.69, 9.17) is 4.74 Å². The topological polar surface area (TPSA) is 90.8 Å². The van der Waals surface area contributed by atoms with Gasteiger partial charge in [0.25, 0.3) is 0 Å². The number of nitrogens with one attached hydrogen (secondary N) is 1. The van der Waals surface area contributed by atoms with Gasteiger partial charge in [0.05, 0.1) is 17.7 Å². The second kappa shape index (κ2) is 7.38. The number of aromatic nitrogens is 2. The molecule has 3 rings (SSSR count). The molecule has 0 bridgehead atoms. The molecular formula is C17H29N5O3S. The molecule has 0 radical (unpaired) electrons. The lowest BCUT2D eigenvalue weighted by atomic mass is 9.73. The highest BCUT2D eigenvalue weighted by molar-refractivity contribution is 7.15. The van der Waals surface area contributed by atoms with Crippen LogP contribution in [0.2, 0.25) is 0 Å². The molecule has 0 aromatic carbocycles. The fourth-order valence-corrected chi connectivity index (χ4v) is 4.69. The summed E-state index contributed by atoms with van der Waals surface area (Å²) in [4.78, 5) is 16.3. The summed E-state index contributed by atoms with van der Waals surface area (Å²) in [5.74, 6) is -0.0737. The zero-order valence-corrected chi connectivity index (χ0v) is 16.8. The van der Waals surface area contributed by atoms with Gasteiger partial charge in [0.2, 0.25) is 11.0 Å². The maximum atomic E-state index is 12.3. The molecule has 2 N–H and O–H groups in total. The molecule has 2 atom stereocenters. The van der Waals surface area contributed by atoms with Gasteiger partial charge in [-0.05, 0) is 47.2 Å². The van der Waals surface area contributed by atoms with E-state index in [0.717, 1.165) is 23.2 Å². The fourth-order valence-electron chi connectivity index (χ4n) is 3.95. The van der Waals surface area contributed by atoms with Gasteiger partial charge in [-0.2, -0.15) is 0 Å². The van der Waals surface area contributed by atoms with E-state index in [1.54, 1.807) is 11.3 Å². The van der Waals surface area contributed by atoms with Crippen molar-refractivity contribution >= 4 is 22.4 Å². The molecule has 1 aromatic rings. The largest absolute Gasteiger partial charge is 0.388 e. The number of aryl methyl sites for hydroxylation is 1. The van der Waals surface area contributed by atoms with Crippen LogP contribution >= 0.6 is 11.3 Å². The molecule has 146 valence electrons. The SMILES string of the molecule is Cc1nnc(N2CCC3(CC2)OCC[C@](C)(NC(=O)CN(C)C)[C@H]3O)s1. The van der Waals surface area contributed by atoms with Crippen molar-refractivity contribution in [3.8, 4) is 0 Å². The lowest BCUT2D eigenvalue weighted by molar-refractivity contribution is -0.198. The van der Waals surface area contributed by atoms with Crippen LogP contribution in [0.3, 0.4) is 0 Å². The number of amides is 1. The van der Waals surface area contributed by atoms with Gasteiger partial charge in [0.1, 0.15) is 11.1 Å². The number of ether oxygens (including phenoxy) is 1. The van der Waals surface area contributed by atoms with Crippen LogP contribution in [0.4, 0.5) is 5.13 Å². The average molecular weight is 384 g/mol. The van der Waals surface area contributed by atoms with Gasteiger partial charge < -0.3 is 25.0 Å². The summed E-state index contributed by atoms with van der Waals surface area (Å²) in [6, 6.07) is 0. The Bertz CT molecular complexity index is 644. The average Bonchev–Trinajstić information content (AvgIpc) is 2.99. The molecule has 2 saturated heterocycles. The van der Waals surface area contributed by atoms with Gasteiger partial charge in [0, 0.05) is 19.7 Å². The minimum absolute atomic E-state index is 0.0737. The molecule has 1 spiro atoms. The van der Waals surface area contributed by atoms with E-state index in [1.165, 1.54) is 0 Å². The first-order valence-electron chi connectivity index (χ1n) is 9.07. The van der Waals surface area contributed by atoms with Crippen LogP contribution < -0.4 is 10.2 Å². The van der Waals surface area contributed by atoms with E-state index in [2.05, 4.69) is 20.4 Å². The van der Waals surface area contributed by atoms with Crippen LogP contribution in [0.15, 0.2) is 0 Å². The number of nitrogens with zero attached hydrogens (tertiary/aromatic N) is 4. The number of piperidine rings is 1. The highest BCUT2D eigenvalue weighted by Gasteiger charge is 2.54. The van der Waals surface area contributed by atoms with Crippen LogP contribution in [-0.2, 0) is 9.53 Å². The zero-order chi connectivity index (χ0) is 18.9. The summed E-state index contributed by atoms with van der Waals surface area (Å²) < 4.78 is 6.10. The summed E-state index contributed by atoms with van der Waals surface area (Å²) in [5, 5.41) is 24.4. The number of hydrogen-bond acceptors (Lipinski definition) is 8. The normalized spacial score (nSPS) is 28.5. The minimum Gasteiger partial charge on any atom is -0.388 e. The molecule has 8 nitrogen and oxygen atoms in total. The molecule has 0 unspecified atom stereocenters. The highest BCUT2D eigenvalue weighted by Crippen LogP contribution is 2.41. The molecular weight excluding hydrogens is 354 g/mol. The number of hydrogen-bond donors (Lipinski definition) is 2. The lowest BCUT2D eigenvalue weighted by Gasteiger charge is -2.53. The maximum Gasteiger partial charge on any atom is 0.234 e. The smallest absolute Gasteiger partial charge is 0.234 e. The number of aliphatic hydroxyl groups is 1. The first kappa shape index (κ1) is 19.5. The van der Waals surface area contributed by atoms with Gasteiger partial charge in [-0.3, -0.25) is 4.79 Å². The van der Waals surface area contributed by atoms with E-state index >= 15 is 0 Å². The van der Waals surface area contributed by atoms with Crippen molar-refractivity contribution in [1.29, 1.82) is 0 Å². The molecule has 2 aliphatic rings. The number of likely N-dealkylation sites (N-methyl/N-ethyl adjacent to an activating group) is 1. The maximum absolute atomic E-state index is 12.3. The molecule has 3 heterocycles. The van der Waals surface area contributed by atoms with Gasteiger partial charge >= 0.3 is 0 Å². The third-order valence-electron chi connectivity index (χ3n) is 5.39. The number of aliphatic hydroxyl groups excluding tert-OH is 1. The Kier molecular flexibility index (Phi) is 5.53. The third kappa shape index (κ3) is 3.85. The van der Waals surface area contributed by atoms with Gasteiger partial charge in [-0.15, -0.1) is 10.2 Å². The molecule has 9 heteroatoms. The molecule has 1 aromatic heterocycles. The van der Waals surface area contributed by atoms with E-state index in [0.29, 0.717) is 32.4 Å². The van der Waals surface area contributed by atoms with Crippen LogP contribution in [0, 0.1) is 6.92 Å². The Hall–Kier alpha value is -1.29. The van der Waals surface area contributed by atoms with Crippen LogP contribution in [0.25, 0.3) is 0 Å². The number of carbonyl (C=O) groups excluding carboxylic acids is 1. The molecule has 1 amide bonds. The summed E-state index contributed by atoms with van der Waals surface area (Å²) >= 11 is 1.58. The molecule has 2 aliphatic heterocycles. The van der Waals surface area contributed by atoms with Crippen molar-refractivity contribution in [1.82, 2.24) is 20.4 Å².